The maximum absolute atomic E-state index is 11.7. The van der Waals surface area contributed by atoms with Crippen LogP contribution in [0.25, 0.3) is 0 Å². The summed E-state index contributed by atoms with van der Waals surface area (Å²) in [5.41, 5.74) is 0. The van der Waals surface area contributed by atoms with Gasteiger partial charge in [-0.3, -0.25) is 9.89 Å². The smallest absolute Gasteiger partial charge is 0.291 e. The predicted octanol–water partition coefficient (Wildman–Crippen LogP) is 1.14. The fourth-order valence-electron chi connectivity index (χ4n) is 1.20. The van der Waals surface area contributed by atoms with E-state index in [4.69, 9.17) is 0 Å². The first-order valence-electron chi connectivity index (χ1n) is 4.40. The van der Waals surface area contributed by atoms with Crippen LogP contribution in [0.4, 0.5) is 0 Å². The van der Waals surface area contributed by atoms with Crippen molar-refractivity contribution < 1.29 is 4.79 Å². The number of hydrogen-bond acceptors (Lipinski definition) is 4. The average molecular weight is 222 g/mol. The summed E-state index contributed by atoms with van der Waals surface area (Å²) < 4.78 is 0. The van der Waals surface area contributed by atoms with Gasteiger partial charge in [-0.05, 0) is 11.4 Å². The summed E-state index contributed by atoms with van der Waals surface area (Å²) >= 11 is 1.63. The van der Waals surface area contributed by atoms with Gasteiger partial charge in [-0.1, -0.05) is 6.07 Å². The molecule has 0 fully saturated rings. The Balaban J connectivity index is 2.03. The lowest BCUT2D eigenvalue weighted by atomic mass is 10.4. The van der Waals surface area contributed by atoms with E-state index in [1.807, 2.05) is 17.5 Å². The van der Waals surface area contributed by atoms with E-state index in [-0.39, 0.29) is 11.7 Å². The monoisotopic (exact) mass is 222 g/mol. The molecular weight excluding hydrogens is 212 g/mol. The molecule has 0 aliphatic rings. The van der Waals surface area contributed by atoms with Crippen LogP contribution in [-0.4, -0.2) is 33.0 Å². The molecule has 15 heavy (non-hydrogen) atoms. The summed E-state index contributed by atoms with van der Waals surface area (Å²) in [6.07, 6.45) is 1.33. The Labute approximate surface area is 90.8 Å². The molecule has 0 bridgehead atoms. The molecule has 2 heterocycles. The second-order valence-electron chi connectivity index (χ2n) is 3.07. The molecule has 78 valence electrons. The summed E-state index contributed by atoms with van der Waals surface area (Å²) in [6, 6.07) is 3.96. The number of aromatic amines is 1. The molecule has 0 aliphatic heterocycles. The summed E-state index contributed by atoms with van der Waals surface area (Å²) in [5.74, 6) is 0.120. The van der Waals surface area contributed by atoms with E-state index in [0.717, 1.165) is 4.88 Å². The molecule has 0 aliphatic carbocycles. The molecule has 0 unspecified atom stereocenters. The highest BCUT2D eigenvalue weighted by Crippen LogP contribution is 2.11. The van der Waals surface area contributed by atoms with Crippen LogP contribution in [0, 0.1) is 0 Å². The van der Waals surface area contributed by atoms with Crippen molar-refractivity contribution in [3.63, 3.8) is 0 Å². The minimum atomic E-state index is -0.152. The van der Waals surface area contributed by atoms with E-state index < -0.39 is 0 Å². The molecule has 0 aromatic carbocycles. The molecule has 2 aromatic heterocycles. The molecule has 1 amide bonds. The van der Waals surface area contributed by atoms with Crippen LogP contribution < -0.4 is 0 Å². The Morgan fingerprint density at radius 3 is 3.13 bits per heavy atom. The van der Waals surface area contributed by atoms with Gasteiger partial charge in [0.15, 0.2) is 0 Å². The van der Waals surface area contributed by atoms with Crippen molar-refractivity contribution in [1.82, 2.24) is 20.1 Å². The van der Waals surface area contributed by atoms with Crippen LogP contribution in [0.3, 0.4) is 0 Å². The third kappa shape index (κ3) is 2.21. The second kappa shape index (κ2) is 4.22. The third-order valence-electron chi connectivity index (χ3n) is 1.94. The van der Waals surface area contributed by atoms with E-state index in [1.54, 1.807) is 23.3 Å². The number of aromatic nitrogens is 3. The van der Waals surface area contributed by atoms with Crippen molar-refractivity contribution in [2.75, 3.05) is 7.05 Å². The number of nitrogens with one attached hydrogen (secondary N) is 1. The normalized spacial score (nSPS) is 10.2. The first-order valence-corrected chi connectivity index (χ1v) is 5.28. The van der Waals surface area contributed by atoms with Crippen molar-refractivity contribution in [1.29, 1.82) is 0 Å². The van der Waals surface area contributed by atoms with E-state index in [2.05, 4.69) is 15.2 Å². The number of carbonyl (C=O) groups excluding carboxylic acids is 1. The number of rotatable bonds is 3. The lowest BCUT2D eigenvalue weighted by Gasteiger charge is -2.13. The fourth-order valence-corrected chi connectivity index (χ4v) is 1.95. The van der Waals surface area contributed by atoms with Gasteiger partial charge in [0.1, 0.15) is 6.33 Å². The van der Waals surface area contributed by atoms with Gasteiger partial charge in [0.05, 0.1) is 6.54 Å². The average Bonchev–Trinajstić information content (AvgIpc) is 2.88. The van der Waals surface area contributed by atoms with Crippen molar-refractivity contribution >= 4 is 17.2 Å². The highest BCUT2D eigenvalue weighted by Gasteiger charge is 2.14. The minimum absolute atomic E-state index is 0.152. The Morgan fingerprint density at radius 1 is 1.67 bits per heavy atom. The van der Waals surface area contributed by atoms with Crippen LogP contribution in [0.1, 0.15) is 15.5 Å². The van der Waals surface area contributed by atoms with Gasteiger partial charge in [0, 0.05) is 11.9 Å². The van der Waals surface area contributed by atoms with Gasteiger partial charge in [0.25, 0.3) is 5.91 Å². The number of hydrogen-bond donors (Lipinski definition) is 1. The quantitative estimate of drug-likeness (QED) is 0.847. The molecule has 2 rings (SSSR count). The number of thiophene rings is 1. The summed E-state index contributed by atoms with van der Waals surface area (Å²) in [7, 11) is 1.74. The van der Waals surface area contributed by atoms with Crippen LogP contribution >= 0.6 is 11.3 Å². The van der Waals surface area contributed by atoms with Gasteiger partial charge in [-0.15, -0.1) is 11.3 Å². The maximum Gasteiger partial charge on any atom is 0.291 e. The molecular formula is C9H10N4OS. The van der Waals surface area contributed by atoms with Gasteiger partial charge >= 0.3 is 0 Å². The highest BCUT2D eigenvalue weighted by atomic mass is 32.1. The van der Waals surface area contributed by atoms with E-state index in [9.17, 15) is 4.79 Å². The Bertz CT molecular complexity index is 423. The largest absolute Gasteiger partial charge is 0.334 e. The second-order valence-corrected chi connectivity index (χ2v) is 4.11. The Morgan fingerprint density at radius 2 is 2.53 bits per heavy atom. The zero-order valence-corrected chi connectivity index (χ0v) is 8.99. The first-order chi connectivity index (χ1) is 7.27. The molecule has 0 saturated carbocycles. The van der Waals surface area contributed by atoms with E-state index in [1.165, 1.54) is 6.33 Å². The van der Waals surface area contributed by atoms with Gasteiger partial charge in [-0.2, -0.15) is 5.10 Å². The lowest BCUT2D eigenvalue weighted by molar-refractivity contribution is 0.0775. The van der Waals surface area contributed by atoms with Crippen molar-refractivity contribution in [3.8, 4) is 0 Å². The lowest BCUT2D eigenvalue weighted by Crippen LogP contribution is -2.26. The SMILES string of the molecule is CN(Cc1cccs1)C(=O)c1ncn[nH]1. The molecule has 2 aromatic rings. The molecule has 0 saturated heterocycles. The zero-order chi connectivity index (χ0) is 10.7. The zero-order valence-electron chi connectivity index (χ0n) is 8.17. The molecule has 0 atom stereocenters. The molecule has 0 radical (unpaired) electrons. The Hall–Kier alpha value is -1.69. The Kier molecular flexibility index (Phi) is 2.77. The van der Waals surface area contributed by atoms with Crippen molar-refractivity contribution in [2.24, 2.45) is 0 Å². The number of carbonyl (C=O) groups is 1. The van der Waals surface area contributed by atoms with Crippen LogP contribution in [-0.2, 0) is 6.54 Å². The van der Waals surface area contributed by atoms with Crippen molar-refractivity contribution in [2.45, 2.75) is 6.54 Å². The topological polar surface area (TPSA) is 61.9 Å². The number of amides is 1. The fraction of sp³-hybridized carbons (Fsp3) is 0.222. The molecule has 5 nitrogen and oxygen atoms in total. The minimum Gasteiger partial charge on any atom is -0.334 e. The number of H-pyrrole nitrogens is 1. The highest BCUT2D eigenvalue weighted by molar-refractivity contribution is 7.09. The molecule has 1 N–H and O–H groups in total. The molecule has 6 heteroatoms. The standard InChI is InChI=1S/C9H10N4OS/c1-13(5-7-3-2-4-15-7)9(14)8-10-6-11-12-8/h2-4,6H,5H2,1H3,(H,10,11,12). The predicted molar refractivity (Wildman–Crippen MR) is 56.5 cm³/mol. The van der Waals surface area contributed by atoms with Gasteiger partial charge < -0.3 is 4.90 Å². The maximum atomic E-state index is 11.7. The van der Waals surface area contributed by atoms with Crippen LogP contribution in [0.15, 0.2) is 23.8 Å². The summed E-state index contributed by atoms with van der Waals surface area (Å²) in [4.78, 5) is 18.3. The van der Waals surface area contributed by atoms with Gasteiger partial charge in [-0.25, -0.2) is 4.98 Å². The third-order valence-corrected chi connectivity index (χ3v) is 2.80. The van der Waals surface area contributed by atoms with Crippen LogP contribution in [0.5, 0.6) is 0 Å². The summed E-state index contributed by atoms with van der Waals surface area (Å²) in [5, 5.41) is 8.18. The first kappa shape index (κ1) is 9.85. The van der Waals surface area contributed by atoms with Crippen molar-refractivity contribution in [3.05, 3.63) is 34.5 Å². The molecule has 0 spiro atoms. The van der Waals surface area contributed by atoms with E-state index >= 15 is 0 Å². The van der Waals surface area contributed by atoms with E-state index in [0.29, 0.717) is 6.54 Å². The van der Waals surface area contributed by atoms with Gasteiger partial charge in [0.2, 0.25) is 5.82 Å². The number of nitrogens with zero attached hydrogens (tertiary/aromatic N) is 3. The van der Waals surface area contributed by atoms with Crippen LogP contribution in [0.2, 0.25) is 0 Å². The summed E-state index contributed by atoms with van der Waals surface area (Å²) in [6.45, 7) is 0.594.